The summed E-state index contributed by atoms with van der Waals surface area (Å²) in [6.07, 6.45) is 3.17. The van der Waals surface area contributed by atoms with Gasteiger partial charge < -0.3 is 15.6 Å². The number of nitrogens with zero attached hydrogens (tertiary/aromatic N) is 4. The smallest absolute Gasteiger partial charge is 0.295 e. The van der Waals surface area contributed by atoms with Crippen LogP contribution in [-0.4, -0.2) is 75.2 Å². The molecule has 2 N–H and O–H groups in total. The van der Waals surface area contributed by atoms with Crippen LogP contribution in [0.2, 0.25) is 5.02 Å². The second-order valence-electron chi connectivity index (χ2n) is 10.3. The third-order valence-electron chi connectivity index (χ3n) is 7.66. The lowest BCUT2D eigenvalue weighted by Crippen LogP contribution is -2.57. The number of benzene rings is 2. The number of rotatable bonds is 5. The van der Waals surface area contributed by atoms with Gasteiger partial charge in [-0.25, -0.2) is 4.39 Å². The van der Waals surface area contributed by atoms with Gasteiger partial charge in [0.25, 0.3) is 17.6 Å². The molecule has 10 heteroatoms. The SMILES string of the molecule is C[C@@H]1CN(C(=O)c2cc3c(C(=O)C(=O)N4CCCC4)cn(N)c3cc2Cl)[C@@H](C)CN1Cc1ccc(F)cc1. The maximum atomic E-state index is 13.7. The molecule has 0 radical (unpaired) electrons. The predicted molar refractivity (Wildman–Crippen MR) is 144 cm³/mol. The van der Waals surface area contributed by atoms with Crippen molar-refractivity contribution in [1.29, 1.82) is 0 Å². The second-order valence-corrected chi connectivity index (χ2v) is 10.7. The molecule has 0 aliphatic carbocycles. The van der Waals surface area contributed by atoms with Crippen LogP contribution in [0.25, 0.3) is 10.9 Å². The first-order valence-electron chi connectivity index (χ1n) is 12.9. The number of hydrogen-bond donors (Lipinski definition) is 1. The minimum atomic E-state index is -0.641. The summed E-state index contributed by atoms with van der Waals surface area (Å²) in [5.74, 6) is 4.38. The number of aromatic nitrogens is 1. The molecule has 2 atom stereocenters. The van der Waals surface area contributed by atoms with Crippen molar-refractivity contribution >= 4 is 40.1 Å². The van der Waals surface area contributed by atoms with E-state index in [4.69, 9.17) is 17.4 Å². The van der Waals surface area contributed by atoms with Gasteiger partial charge in [0.1, 0.15) is 5.82 Å². The van der Waals surface area contributed by atoms with Crippen LogP contribution in [0.3, 0.4) is 0 Å². The van der Waals surface area contributed by atoms with Gasteiger partial charge in [-0.15, -0.1) is 0 Å². The number of nitrogen functional groups attached to an aromatic ring is 1. The average Bonchev–Trinajstić information content (AvgIpc) is 3.54. The standard InChI is InChI=1S/C28H31ClFN5O3/c1-17-14-34(18(2)13-33(17)15-19-5-7-20(30)8-6-19)27(37)22-11-21-23(16-35(31)25(21)12-24(22)29)26(36)28(38)32-9-3-4-10-32/h5-8,11-12,16-18H,3-4,9-10,13-15,31H2,1-2H3/t17-,18+/m1/s1. The maximum absolute atomic E-state index is 13.7. The molecule has 0 spiro atoms. The van der Waals surface area contributed by atoms with Crippen molar-refractivity contribution in [2.24, 2.45) is 0 Å². The van der Waals surface area contributed by atoms with Gasteiger partial charge in [-0.3, -0.25) is 24.0 Å². The summed E-state index contributed by atoms with van der Waals surface area (Å²) in [6, 6.07) is 9.55. The number of hydrogen-bond acceptors (Lipinski definition) is 5. The molecule has 2 amide bonds. The Morgan fingerprint density at radius 2 is 1.68 bits per heavy atom. The third kappa shape index (κ3) is 4.88. The summed E-state index contributed by atoms with van der Waals surface area (Å²) >= 11 is 6.56. The second kappa shape index (κ2) is 10.4. The zero-order valence-electron chi connectivity index (χ0n) is 21.5. The van der Waals surface area contributed by atoms with Crippen LogP contribution in [0.15, 0.2) is 42.6 Å². The first-order chi connectivity index (χ1) is 18.1. The van der Waals surface area contributed by atoms with Crippen LogP contribution in [-0.2, 0) is 11.3 Å². The fourth-order valence-electron chi connectivity index (χ4n) is 5.47. The van der Waals surface area contributed by atoms with Gasteiger partial charge in [-0.1, -0.05) is 23.7 Å². The third-order valence-corrected chi connectivity index (χ3v) is 7.97. The minimum absolute atomic E-state index is 0.0584. The van der Waals surface area contributed by atoms with E-state index in [0.29, 0.717) is 43.6 Å². The van der Waals surface area contributed by atoms with E-state index in [1.807, 2.05) is 6.92 Å². The van der Waals surface area contributed by atoms with E-state index in [1.165, 1.54) is 23.0 Å². The van der Waals surface area contributed by atoms with Gasteiger partial charge in [-0.2, -0.15) is 0 Å². The van der Waals surface area contributed by atoms with E-state index in [-0.39, 0.29) is 40.0 Å². The molecular weight excluding hydrogens is 509 g/mol. The summed E-state index contributed by atoms with van der Waals surface area (Å²) < 4.78 is 14.6. The lowest BCUT2D eigenvalue weighted by atomic mass is 10.0. The number of carbonyl (C=O) groups is 3. The Morgan fingerprint density at radius 3 is 2.37 bits per heavy atom. The van der Waals surface area contributed by atoms with Crippen molar-refractivity contribution in [3.8, 4) is 0 Å². The summed E-state index contributed by atoms with van der Waals surface area (Å²) in [7, 11) is 0. The molecule has 0 bridgehead atoms. The van der Waals surface area contributed by atoms with Crippen LogP contribution in [0.4, 0.5) is 4.39 Å². The Bertz CT molecular complexity index is 1400. The number of likely N-dealkylation sites (tertiary alicyclic amines) is 1. The molecule has 38 heavy (non-hydrogen) atoms. The van der Waals surface area contributed by atoms with Crippen molar-refractivity contribution in [3.05, 3.63) is 70.1 Å². The quantitative estimate of drug-likeness (QED) is 0.303. The van der Waals surface area contributed by atoms with Gasteiger partial charge in [-0.05, 0) is 56.5 Å². The van der Waals surface area contributed by atoms with Crippen molar-refractivity contribution < 1.29 is 18.8 Å². The van der Waals surface area contributed by atoms with Gasteiger partial charge in [0.2, 0.25) is 0 Å². The summed E-state index contributed by atoms with van der Waals surface area (Å²) in [5, 5.41) is 0.652. The number of fused-ring (bicyclic) bond motifs is 1. The number of piperazine rings is 1. The first-order valence-corrected chi connectivity index (χ1v) is 13.2. The lowest BCUT2D eigenvalue weighted by Gasteiger charge is -2.44. The van der Waals surface area contributed by atoms with E-state index in [1.54, 1.807) is 34.1 Å². The molecule has 200 valence electrons. The number of amides is 2. The highest BCUT2D eigenvalue weighted by Crippen LogP contribution is 2.30. The molecule has 5 rings (SSSR count). The number of carbonyl (C=O) groups excluding carboxylic acids is 3. The van der Waals surface area contributed by atoms with E-state index in [2.05, 4.69) is 11.8 Å². The minimum Gasteiger partial charge on any atom is -0.339 e. The van der Waals surface area contributed by atoms with Crippen LogP contribution < -0.4 is 5.84 Å². The molecule has 2 aromatic carbocycles. The summed E-state index contributed by atoms with van der Waals surface area (Å²) in [5.41, 5.74) is 1.90. The largest absolute Gasteiger partial charge is 0.339 e. The van der Waals surface area contributed by atoms with Crippen LogP contribution in [0.1, 0.15) is 53.0 Å². The number of Topliss-reactive ketones (excluding diaryl/α,β-unsaturated/α-hetero) is 1. The zero-order chi connectivity index (χ0) is 27.1. The van der Waals surface area contributed by atoms with Gasteiger partial charge in [0, 0.05) is 56.4 Å². The summed E-state index contributed by atoms with van der Waals surface area (Å²) in [6.45, 7) is 6.92. The van der Waals surface area contributed by atoms with Crippen LogP contribution in [0.5, 0.6) is 0 Å². The van der Waals surface area contributed by atoms with E-state index in [9.17, 15) is 18.8 Å². The molecular formula is C28H31ClFN5O3. The topological polar surface area (TPSA) is 91.9 Å². The highest BCUT2D eigenvalue weighted by Gasteiger charge is 2.34. The van der Waals surface area contributed by atoms with Crippen molar-refractivity contribution in [2.75, 3.05) is 32.0 Å². The van der Waals surface area contributed by atoms with Crippen LogP contribution in [0, 0.1) is 5.82 Å². The Labute approximate surface area is 225 Å². The summed E-state index contributed by atoms with van der Waals surface area (Å²) in [4.78, 5) is 45.2. The van der Waals surface area contributed by atoms with Crippen LogP contribution >= 0.6 is 11.6 Å². The predicted octanol–water partition coefficient (Wildman–Crippen LogP) is 3.69. The van der Waals surface area contributed by atoms with E-state index >= 15 is 0 Å². The van der Waals surface area contributed by atoms with Gasteiger partial charge in [0.15, 0.2) is 0 Å². The zero-order valence-corrected chi connectivity index (χ0v) is 22.2. The number of nitrogens with two attached hydrogens (primary N) is 1. The van der Waals surface area contributed by atoms with E-state index < -0.39 is 11.7 Å². The highest BCUT2D eigenvalue weighted by molar-refractivity contribution is 6.45. The average molecular weight is 540 g/mol. The Morgan fingerprint density at radius 1 is 1.00 bits per heavy atom. The number of ketones is 1. The molecule has 0 unspecified atom stereocenters. The molecule has 8 nitrogen and oxygen atoms in total. The molecule has 2 aliphatic rings. The number of halogens is 2. The van der Waals surface area contributed by atoms with Crippen molar-refractivity contribution in [3.63, 3.8) is 0 Å². The Kier molecular flexibility index (Phi) is 7.15. The monoisotopic (exact) mass is 539 g/mol. The maximum Gasteiger partial charge on any atom is 0.295 e. The molecule has 2 saturated heterocycles. The first kappa shape index (κ1) is 26.2. The molecule has 2 fully saturated rings. The molecule has 2 aliphatic heterocycles. The Hall–Kier alpha value is -3.43. The van der Waals surface area contributed by atoms with Gasteiger partial charge >= 0.3 is 0 Å². The molecule has 3 heterocycles. The lowest BCUT2D eigenvalue weighted by molar-refractivity contribution is -0.125. The highest BCUT2D eigenvalue weighted by atomic mass is 35.5. The molecule has 0 saturated carbocycles. The van der Waals surface area contributed by atoms with Gasteiger partial charge in [0.05, 0.1) is 21.7 Å². The fourth-order valence-corrected chi connectivity index (χ4v) is 5.71. The van der Waals surface area contributed by atoms with Crippen molar-refractivity contribution in [2.45, 2.75) is 45.3 Å². The van der Waals surface area contributed by atoms with Crippen molar-refractivity contribution in [1.82, 2.24) is 19.4 Å². The Balaban J connectivity index is 1.39. The molecule has 3 aromatic rings. The van der Waals surface area contributed by atoms with E-state index in [0.717, 1.165) is 18.4 Å². The molecule has 1 aromatic heterocycles. The fraction of sp³-hybridized carbons (Fsp3) is 0.393. The normalized spacial score (nSPS) is 20.3.